The molecule has 1 amide bonds. The van der Waals surface area contributed by atoms with Gasteiger partial charge in [0.05, 0.1) is 26.0 Å². The van der Waals surface area contributed by atoms with Crippen molar-refractivity contribution in [3.63, 3.8) is 0 Å². The van der Waals surface area contributed by atoms with Gasteiger partial charge in [0.25, 0.3) is 0 Å². The number of carbonyl (C=O) groups excluding carboxylic acids is 1. The number of morpholine rings is 1. The van der Waals surface area contributed by atoms with Crippen LogP contribution in [-0.2, 0) is 9.47 Å². The molecular formula is C15H21Cl2N3O4. The molecule has 0 saturated carbocycles. The van der Waals surface area contributed by atoms with Crippen LogP contribution < -0.4 is 17.3 Å². The number of nitrogens with one attached hydrogen (secondary N) is 1. The molecule has 0 bridgehead atoms. The number of nitrogens with zero attached hydrogens (tertiary/aromatic N) is 2. The van der Waals surface area contributed by atoms with E-state index in [0.29, 0.717) is 11.6 Å². The van der Waals surface area contributed by atoms with E-state index >= 15 is 0 Å². The molecule has 1 aromatic carbocycles. The number of hydrazone groups is 1. The second-order valence-electron chi connectivity index (χ2n) is 5.45. The number of carbonyl (C=O) groups is 1. The quantitative estimate of drug-likeness (QED) is 0.554. The number of benzene rings is 1. The van der Waals surface area contributed by atoms with Gasteiger partial charge < -0.3 is 32.3 Å². The number of halogens is 2. The molecule has 7 nitrogen and oxygen atoms in total. The Kier molecular flexibility index (Phi) is 8.44. The highest BCUT2D eigenvalue weighted by Crippen LogP contribution is 2.12. The molecule has 0 aliphatic carbocycles. The van der Waals surface area contributed by atoms with Gasteiger partial charge in [-0.1, -0.05) is 23.7 Å². The minimum absolute atomic E-state index is 0. The summed E-state index contributed by atoms with van der Waals surface area (Å²) < 4.78 is 10.7. The highest BCUT2D eigenvalue weighted by molar-refractivity contribution is 6.30. The summed E-state index contributed by atoms with van der Waals surface area (Å²) >= 11 is 5.83. The first kappa shape index (κ1) is 20.7. The summed E-state index contributed by atoms with van der Waals surface area (Å²) in [6, 6.07) is 7.27. The summed E-state index contributed by atoms with van der Waals surface area (Å²) in [5, 5.41) is 6.25. The Morgan fingerprint density at radius 3 is 2.62 bits per heavy atom. The van der Waals surface area contributed by atoms with Gasteiger partial charge in [0.15, 0.2) is 6.10 Å². The Morgan fingerprint density at radius 2 is 1.96 bits per heavy atom. The van der Waals surface area contributed by atoms with Crippen molar-refractivity contribution in [2.45, 2.75) is 6.10 Å². The topological polar surface area (TPSA) is 87.1 Å². The van der Waals surface area contributed by atoms with Crippen LogP contribution >= 0.6 is 11.6 Å². The molecule has 0 spiro atoms. The van der Waals surface area contributed by atoms with Crippen LogP contribution in [0, 0.1) is 0 Å². The molecule has 1 atom stereocenters. The molecule has 134 valence electrons. The standard InChI is InChI=1S/C15H18ClN3O3.ClH.H2O/c16-13-3-1-12(2-4-13)9-17-19-11-14(22-15(19)20)10-18-5-7-21-8-6-18;;/h1-4,9,14H,5-8,10-11H2;1H;1H2/b17-9+;;/t14-;;/m1../s1. The van der Waals surface area contributed by atoms with Crippen molar-refractivity contribution >= 4 is 23.9 Å². The summed E-state index contributed by atoms with van der Waals surface area (Å²) in [6.45, 7) is 4.77. The molecule has 2 heterocycles. The summed E-state index contributed by atoms with van der Waals surface area (Å²) in [5.41, 5.74) is 0.888. The first-order valence-corrected chi connectivity index (χ1v) is 7.77. The minimum atomic E-state index is -0.386. The van der Waals surface area contributed by atoms with Gasteiger partial charge in [-0.3, -0.25) is 0 Å². The number of cyclic esters (lactones) is 1. The summed E-state index contributed by atoms with van der Waals surface area (Å²) in [6.07, 6.45) is 1.15. The maximum atomic E-state index is 11.8. The molecule has 2 aliphatic rings. The van der Waals surface area contributed by atoms with Crippen LogP contribution in [0.5, 0.6) is 0 Å². The summed E-state index contributed by atoms with van der Waals surface area (Å²) in [5.74, 6) is 0. The Morgan fingerprint density at radius 1 is 1.29 bits per heavy atom. The first-order valence-electron chi connectivity index (χ1n) is 7.40. The molecule has 2 aliphatic heterocycles. The van der Waals surface area contributed by atoms with Crippen LogP contribution in [0.3, 0.4) is 0 Å². The first-order chi connectivity index (χ1) is 10.7. The van der Waals surface area contributed by atoms with Crippen LogP contribution in [-0.4, -0.2) is 68.3 Å². The highest BCUT2D eigenvalue weighted by Gasteiger charge is 2.34. The predicted octanol–water partition coefficient (Wildman–Crippen LogP) is -3.41. The Balaban J connectivity index is 0.00000144. The number of rotatable bonds is 4. The van der Waals surface area contributed by atoms with Crippen LogP contribution in [0.1, 0.15) is 5.56 Å². The van der Waals surface area contributed by atoms with Gasteiger partial charge in [-0.05, 0) is 17.7 Å². The molecule has 0 aromatic heterocycles. The number of amides is 1. The lowest BCUT2D eigenvalue weighted by Crippen LogP contribution is -3.15. The van der Waals surface area contributed by atoms with Crippen LogP contribution in [0.15, 0.2) is 29.4 Å². The second-order valence-corrected chi connectivity index (χ2v) is 5.89. The molecular weight excluding hydrogens is 357 g/mol. The van der Waals surface area contributed by atoms with E-state index in [0.717, 1.165) is 38.4 Å². The average molecular weight is 378 g/mol. The summed E-state index contributed by atoms with van der Waals surface area (Å²) in [4.78, 5) is 13.2. The zero-order valence-electron chi connectivity index (χ0n) is 13.1. The van der Waals surface area contributed by atoms with E-state index in [-0.39, 0.29) is 30.1 Å². The monoisotopic (exact) mass is 377 g/mol. The number of hydrogen-bond acceptors (Lipinski definition) is 4. The zero-order chi connectivity index (χ0) is 15.4. The molecule has 24 heavy (non-hydrogen) atoms. The van der Waals surface area contributed by atoms with Crippen molar-refractivity contribution in [1.29, 1.82) is 0 Å². The molecule has 3 N–H and O–H groups in total. The highest BCUT2D eigenvalue weighted by atomic mass is 35.5. The van der Waals surface area contributed by atoms with E-state index in [4.69, 9.17) is 21.1 Å². The largest absolute Gasteiger partial charge is 1.00 e. The second kappa shape index (κ2) is 9.80. The van der Waals surface area contributed by atoms with Gasteiger partial charge in [0.2, 0.25) is 0 Å². The summed E-state index contributed by atoms with van der Waals surface area (Å²) in [7, 11) is 0. The lowest BCUT2D eigenvalue weighted by atomic mass is 10.2. The normalized spacial score (nSPS) is 21.3. The van der Waals surface area contributed by atoms with Crippen LogP contribution in [0.4, 0.5) is 4.79 Å². The molecule has 2 fully saturated rings. The minimum Gasteiger partial charge on any atom is -1.00 e. The third kappa shape index (κ3) is 5.61. The van der Waals surface area contributed by atoms with E-state index in [1.54, 1.807) is 18.3 Å². The van der Waals surface area contributed by atoms with E-state index < -0.39 is 0 Å². The van der Waals surface area contributed by atoms with Crippen molar-refractivity contribution < 1.29 is 37.1 Å². The maximum Gasteiger partial charge on any atom is 0.431 e. The fourth-order valence-electron chi connectivity index (χ4n) is 2.58. The SMILES string of the molecule is O.O=C1O[C@H](C[NH+]2CCOCC2)CN1/N=C/c1ccc(Cl)cc1.[Cl-]. The molecule has 0 radical (unpaired) electrons. The van der Waals surface area contributed by atoms with Crippen molar-refractivity contribution in [1.82, 2.24) is 5.01 Å². The van der Waals surface area contributed by atoms with Gasteiger partial charge >= 0.3 is 6.09 Å². The Bertz CT molecular complexity index is 550. The van der Waals surface area contributed by atoms with Crippen molar-refractivity contribution in [3.8, 4) is 0 Å². The molecule has 0 unspecified atom stereocenters. The van der Waals surface area contributed by atoms with Crippen molar-refractivity contribution in [2.75, 3.05) is 39.4 Å². The van der Waals surface area contributed by atoms with E-state index in [2.05, 4.69) is 5.10 Å². The number of hydrogen-bond donors (Lipinski definition) is 1. The Labute approximate surface area is 151 Å². The van der Waals surface area contributed by atoms with E-state index in [1.807, 2.05) is 12.1 Å². The fraction of sp³-hybridized carbons (Fsp3) is 0.467. The molecule has 1 aromatic rings. The maximum absolute atomic E-state index is 11.8. The lowest BCUT2D eigenvalue weighted by molar-refractivity contribution is -0.910. The fourth-order valence-corrected chi connectivity index (χ4v) is 2.71. The average Bonchev–Trinajstić information content (AvgIpc) is 2.87. The van der Waals surface area contributed by atoms with Crippen molar-refractivity contribution in [2.24, 2.45) is 5.10 Å². The van der Waals surface area contributed by atoms with Gasteiger partial charge in [-0.25, -0.2) is 4.79 Å². The third-order valence-corrected chi connectivity index (χ3v) is 4.04. The van der Waals surface area contributed by atoms with E-state index in [1.165, 1.54) is 9.91 Å². The third-order valence-electron chi connectivity index (χ3n) is 3.79. The molecule has 9 heteroatoms. The predicted molar refractivity (Wildman–Crippen MR) is 86.0 cm³/mol. The van der Waals surface area contributed by atoms with Crippen LogP contribution in [0.2, 0.25) is 5.02 Å². The van der Waals surface area contributed by atoms with Crippen molar-refractivity contribution in [3.05, 3.63) is 34.9 Å². The Hall–Kier alpha value is -1.38. The number of ether oxygens (including phenoxy) is 2. The zero-order valence-corrected chi connectivity index (χ0v) is 14.6. The lowest BCUT2D eigenvalue weighted by Gasteiger charge is -2.25. The van der Waals surface area contributed by atoms with Gasteiger partial charge in [0.1, 0.15) is 19.6 Å². The van der Waals surface area contributed by atoms with Gasteiger partial charge in [0, 0.05) is 5.02 Å². The molecule has 2 saturated heterocycles. The van der Waals surface area contributed by atoms with Gasteiger partial charge in [-0.2, -0.15) is 10.1 Å². The number of quaternary nitrogens is 1. The van der Waals surface area contributed by atoms with E-state index in [9.17, 15) is 4.79 Å². The smallest absolute Gasteiger partial charge is 0.431 e. The molecule has 3 rings (SSSR count). The van der Waals surface area contributed by atoms with Crippen LogP contribution in [0.25, 0.3) is 0 Å². The van der Waals surface area contributed by atoms with Gasteiger partial charge in [-0.15, -0.1) is 0 Å².